The highest BCUT2D eigenvalue weighted by atomic mass is 16.5. The Kier molecular flexibility index (Phi) is 5.30. The summed E-state index contributed by atoms with van der Waals surface area (Å²) in [6.07, 6.45) is 0.930. The molecule has 2 N–H and O–H groups in total. The lowest BCUT2D eigenvalue weighted by Gasteiger charge is -2.12. The van der Waals surface area contributed by atoms with E-state index in [1.807, 2.05) is 6.92 Å². The molecule has 0 aliphatic heterocycles. The summed E-state index contributed by atoms with van der Waals surface area (Å²) in [6.45, 7) is 2.37. The van der Waals surface area contributed by atoms with E-state index in [1.54, 1.807) is 12.1 Å². The number of hydrogen-bond acceptors (Lipinski definition) is 5. The fourth-order valence-corrected chi connectivity index (χ4v) is 1.51. The van der Waals surface area contributed by atoms with Gasteiger partial charge in [-0.1, -0.05) is 6.92 Å². The Labute approximate surface area is 107 Å². The number of anilines is 1. The first-order valence-corrected chi connectivity index (χ1v) is 5.78. The molecule has 18 heavy (non-hydrogen) atoms. The van der Waals surface area contributed by atoms with Crippen molar-refractivity contribution >= 4 is 11.7 Å². The van der Waals surface area contributed by atoms with E-state index in [-0.39, 0.29) is 12.4 Å². The molecule has 1 aromatic carbocycles. The summed E-state index contributed by atoms with van der Waals surface area (Å²) in [4.78, 5) is 11.5. The maximum absolute atomic E-state index is 11.5. The topological polar surface area (TPSA) is 70.8 Å². The van der Waals surface area contributed by atoms with Crippen molar-refractivity contribution in [3.63, 3.8) is 0 Å². The standard InChI is InChI=1S/C13H19NO4/c1-4-5-18-13(15)7-9-6-11(16-2)12(17-3)8-10(9)14/h6,8H,4-5,7,14H2,1-3H3. The second kappa shape index (κ2) is 6.74. The number of nitrogens with two attached hydrogens (primary N) is 1. The monoisotopic (exact) mass is 253 g/mol. The van der Waals surface area contributed by atoms with Gasteiger partial charge in [-0.2, -0.15) is 0 Å². The van der Waals surface area contributed by atoms with E-state index in [4.69, 9.17) is 19.9 Å². The van der Waals surface area contributed by atoms with Gasteiger partial charge in [0.2, 0.25) is 0 Å². The smallest absolute Gasteiger partial charge is 0.310 e. The van der Waals surface area contributed by atoms with Crippen molar-refractivity contribution in [2.45, 2.75) is 19.8 Å². The lowest BCUT2D eigenvalue weighted by Crippen LogP contribution is -2.10. The molecule has 5 nitrogen and oxygen atoms in total. The second-order valence-corrected chi connectivity index (χ2v) is 3.80. The quantitative estimate of drug-likeness (QED) is 0.618. The molecule has 5 heteroatoms. The SMILES string of the molecule is CCCOC(=O)Cc1cc(OC)c(OC)cc1N. The van der Waals surface area contributed by atoms with E-state index >= 15 is 0 Å². The molecule has 100 valence electrons. The van der Waals surface area contributed by atoms with Crippen LogP contribution in [0.4, 0.5) is 5.69 Å². The second-order valence-electron chi connectivity index (χ2n) is 3.80. The molecule has 0 bridgehead atoms. The number of nitrogen functional groups attached to an aromatic ring is 1. The molecular formula is C13H19NO4. The van der Waals surface area contributed by atoms with Crippen LogP contribution in [0, 0.1) is 0 Å². The Hall–Kier alpha value is -1.91. The predicted octanol–water partition coefficient (Wildman–Crippen LogP) is 1.78. The van der Waals surface area contributed by atoms with Gasteiger partial charge in [0, 0.05) is 11.8 Å². The van der Waals surface area contributed by atoms with Crippen molar-refractivity contribution in [3.8, 4) is 11.5 Å². The Bertz CT molecular complexity index is 418. The molecule has 1 aromatic rings. The molecule has 0 atom stereocenters. The molecule has 0 amide bonds. The summed E-state index contributed by atoms with van der Waals surface area (Å²) in [5.41, 5.74) is 7.02. The summed E-state index contributed by atoms with van der Waals surface area (Å²) in [6, 6.07) is 3.34. The summed E-state index contributed by atoms with van der Waals surface area (Å²) in [5.74, 6) is 0.793. The number of esters is 1. The Balaban J connectivity index is 2.85. The van der Waals surface area contributed by atoms with Crippen molar-refractivity contribution in [1.29, 1.82) is 0 Å². The van der Waals surface area contributed by atoms with Gasteiger partial charge in [-0.05, 0) is 18.1 Å². The van der Waals surface area contributed by atoms with Gasteiger partial charge in [-0.3, -0.25) is 4.79 Å². The molecule has 0 aliphatic carbocycles. The molecule has 0 aromatic heterocycles. The van der Waals surface area contributed by atoms with E-state index in [0.717, 1.165) is 6.42 Å². The van der Waals surface area contributed by atoms with Crippen LogP contribution in [0.15, 0.2) is 12.1 Å². The van der Waals surface area contributed by atoms with Gasteiger partial charge in [0.25, 0.3) is 0 Å². The van der Waals surface area contributed by atoms with Crippen LogP contribution in [0.2, 0.25) is 0 Å². The average molecular weight is 253 g/mol. The molecule has 0 saturated carbocycles. The number of benzene rings is 1. The first-order chi connectivity index (χ1) is 8.62. The minimum Gasteiger partial charge on any atom is -0.493 e. The van der Waals surface area contributed by atoms with E-state index in [0.29, 0.717) is 29.4 Å². The van der Waals surface area contributed by atoms with Gasteiger partial charge >= 0.3 is 5.97 Å². The summed E-state index contributed by atoms with van der Waals surface area (Å²) in [5, 5.41) is 0. The lowest BCUT2D eigenvalue weighted by atomic mass is 10.1. The number of rotatable bonds is 6. The van der Waals surface area contributed by atoms with E-state index in [9.17, 15) is 4.79 Å². The first-order valence-electron chi connectivity index (χ1n) is 5.78. The van der Waals surface area contributed by atoms with Gasteiger partial charge in [0.15, 0.2) is 11.5 Å². The molecule has 0 saturated heterocycles. The number of hydrogen-bond donors (Lipinski definition) is 1. The van der Waals surface area contributed by atoms with Gasteiger partial charge in [-0.15, -0.1) is 0 Å². The predicted molar refractivity (Wildman–Crippen MR) is 68.9 cm³/mol. The van der Waals surface area contributed by atoms with Crippen molar-refractivity contribution in [2.75, 3.05) is 26.6 Å². The molecule has 0 fully saturated rings. The minimum atomic E-state index is -0.296. The molecule has 0 heterocycles. The summed E-state index contributed by atoms with van der Waals surface area (Å²) < 4.78 is 15.3. The van der Waals surface area contributed by atoms with Gasteiger partial charge < -0.3 is 19.9 Å². The van der Waals surface area contributed by atoms with Crippen LogP contribution in [0.5, 0.6) is 11.5 Å². The third-order valence-corrected chi connectivity index (χ3v) is 2.45. The number of ether oxygens (including phenoxy) is 3. The number of methoxy groups -OCH3 is 2. The first kappa shape index (κ1) is 14.2. The molecular weight excluding hydrogens is 234 g/mol. The van der Waals surface area contributed by atoms with Gasteiger partial charge in [0.05, 0.1) is 27.2 Å². The summed E-state index contributed by atoms with van der Waals surface area (Å²) >= 11 is 0. The highest BCUT2D eigenvalue weighted by Crippen LogP contribution is 2.32. The Morgan fingerprint density at radius 1 is 1.22 bits per heavy atom. The van der Waals surface area contributed by atoms with Crippen molar-refractivity contribution in [3.05, 3.63) is 17.7 Å². The Morgan fingerprint density at radius 2 is 1.83 bits per heavy atom. The number of carbonyl (C=O) groups is 1. The third-order valence-electron chi connectivity index (χ3n) is 2.45. The zero-order chi connectivity index (χ0) is 13.5. The van der Waals surface area contributed by atoms with E-state index in [2.05, 4.69) is 0 Å². The highest BCUT2D eigenvalue weighted by molar-refractivity contribution is 5.76. The van der Waals surface area contributed by atoms with Crippen LogP contribution in [-0.4, -0.2) is 26.8 Å². The van der Waals surface area contributed by atoms with E-state index in [1.165, 1.54) is 14.2 Å². The molecule has 1 rings (SSSR count). The van der Waals surface area contributed by atoms with Crippen LogP contribution < -0.4 is 15.2 Å². The maximum Gasteiger partial charge on any atom is 0.310 e. The van der Waals surface area contributed by atoms with Crippen molar-refractivity contribution in [1.82, 2.24) is 0 Å². The lowest BCUT2D eigenvalue weighted by molar-refractivity contribution is -0.142. The molecule has 0 radical (unpaired) electrons. The normalized spacial score (nSPS) is 9.94. The minimum absolute atomic E-state index is 0.131. The van der Waals surface area contributed by atoms with Crippen LogP contribution in [0.25, 0.3) is 0 Å². The van der Waals surface area contributed by atoms with E-state index < -0.39 is 0 Å². The van der Waals surface area contributed by atoms with Gasteiger partial charge in [-0.25, -0.2) is 0 Å². The molecule has 0 unspecified atom stereocenters. The van der Waals surface area contributed by atoms with Crippen molar-refractivity contribution in [2.24, 2.45) is 0 Å². The van der Waals surface area contributed by atoms with Crippen LogP contribution >= 0.6 is 0 Å². The van der Waals surface area contributed by atoms with Crippen molar-refractivity contribution < 1.29 is 19.0 Å². The third kappa shape index (κ3) is 3.55. The fraction of sp³-hybridized carbons (Fsp3) is 0.462. The Morgan fingerprint density at radius 3 is 2.39 bits per heavy atom. The fourth-order valence-electron chi connectivity index (χ4n) is 1.51. The molecule has 0 spiro atoms. The number of carbonyl (C=O) groups excluding carboxylic acids is 1. The molecule has 0 aliphatic rings. The summed E-state index contributed by atoms with van der Waals surface area (Å²) in [7, 11) is 3.07. The highest BCUT2D eigenvalue weighted by Gasteiger charge is 2.12. The van der Waals surface area contributed by atoms with Crippen LogP contribution in [0.1, 0.15) is 18.9 Å². The van der Waals surface area contributed by atoms with Gasteiger partial charge in [0.1, 0.15) is 0 Å². The average Bonchev–Trinajstić information content (AvgIpc) is 2.38. The maximum atomic E-state index is 11.5. The van der Waals surface area contributed by atoms with Crippen LogP contribution in [-0.2, 0) is 16.0 Å². The zero-order valence-electron chi connectivity index (χ0n) is 11.0. The largest absolute Gasteiger partial charge is 0.493 e. The van der Waals surface area contributed by atoms with Crippen LogP contribution in [0.3, 0.4) is 0 Å². The zero-order valence-corrected chi connectivity index (χ0v) is 11.0.